The van der Waals surface area contributed by atoms with E-state index in [1.807, 2.05) is 31.2 Å². The molecule has 4 rings (SSSR count). The number of hydrogen-bond donors (Lipinski definition) is 1. The van der Waals surface area contributed by atoms with Gasteiger partial charge in [-0.1, -0.05) is 18.2 Å². The lowest BCUT2D eigenvalue weighted by Gasteiger charge is -2.18. The highest BCUT2D eigenvalue weighted by Crippen LogP contribution is 2.40. The topological polar surface area (TPSA) is 68.2 Å². The molecular weight excluding hydrogens is 346 g/mol. The Labute approximate surface area is 158 Å². The van der Waals surface area contributed by atoms with Crippen molar-refractivity contribution in [3.05, 3.63) is 53.1 Å². The van der Waals surface area contributed by atoms with Gasteiger partial charge in [0.2, 0.25) is 6.79 Å². The molecule has 2 aliphatic heterocycles. The third-order valence-corrected chi connectivity index (χ3v) is 5.37. The Bertz CT molecular complexity index is 866. The maximum absolute atomic E-state index is 11.9. The standard InChI is InChI=1S/C21H23NO5/c1-13-3-4-15(19(7-13)25-2)9-22-10-16(17(11-22)21(23)24)14-5-6-18-20(8-14)27-12-26-18/h3-8,16-17H,9-12H2,1-2H3,(H,23,24)/t16-,17+/m1/s1. The van der Waals surface area contributed by atoms with Crippen molar-refractivity contribution < 1.29 is 24.1 Å². The van der Waals surface area contributed by atoms with Crippen LogP contribution in [0, 0.1) is 12.8 Å². The number of carboxylic acid groups (broad SMARTS) is 1. The molecular formula is C21H23NO5. The minimum atomic E-state index is -0.768. The Morgan fingerprint density at radius 2 is 2.00 bits per heavy atom. The minimum absolute atomic E-state index is 0.0894. The molecule has 2 aromatic carbocycles. The van der Waals surface area contributed by atoms with Gasteiger partial charge in [-0.15, -0.1) is 0 Å². The molecule has 142 valence electrons. The number of aliphatic carboxylic acids is 1. The van der Waals surface area contributed by atoms with Crippen LogP contribution in [0.3, 0.4) is 0 Å². The molecule has 27 heavy (non-hydrogen) atoms. The van der Waals surface area contributed by atoms with Gasteiger partial charge in [0, 0.05) is 31.1 Å². The average molecular weight is 369 g/mol. The zero-order valence-electron chi connectivity index (χ0n) is 15.5. The summed E-state index contributed by atoms with van der Waals surface area (Å²) in [5.41, 5.74) is 3.18. The molecule has 0 bridgehead atoms. The number of rotatable bonds is 5. The van der Waals surface area contributed by atoms with Crippen molar-refractivity contribution in [2.75, 3.05) is 27.0 Å². The van der Waals surface area contributed by atoms with E-state index in [1.54, 1.807) is 7.11 Å². The zero-order valence-corrected chi connectivity index (χ0v) is 15.5. The van der Waals surface area contributed by atoms with Gasteiger partial charge in [-0.05, 0) is 36.2 Å². The first kappa shape index (κ1) is 17.7. The lowest BCUT2D eigenvalue weighted by atomic mass is 9.89. The van der Waals surface area contributed by atoms with Crippen molar-refractivity contribution in [2.24, 2.45) is 5.92 Å². The van der Waals surface area contributed by atoms with Gasteiger partial charge in [0.15, 0.2) is 11.5 Å². The third-order valence-electron chi connectivity index (χ3n) is 5.37. The molecule has 2 heterocycles. The predicted molar refractivity (Wildman–Crippen MR) is 99.4 cm³/mol. The van der Waals surface area contributed by atoms with Crippen molar-refractivity contribution in [3.8, 4) is 17.2 Å². The number of ether oxygens (including phenoxy) is 3. The van der Waals surface area contributed by atoms with Crippen LogP contribution < -0.4 is 14.2 Å². The maximum Gasteiger partial charge on any atom is 0.308 e. The average Bonchev–Trinajstić information content (AvgIpc) is 3.29. The molecule has 2 aromatic rings. The Hall–Kier alpha value is -2.73. The Morgan fingerprint density at radius 3 is 2.78 bits per heavy atom. The lowest BCUT2D eigenvalue weighted by molar-refractivity contribution is -0.141. The van der Waals surface area contributed by atoms with E-state index in [0.29, 0.717) is 31.1 Å². The van der Waals surface area contributed by atoms with E-state index < -0.39 is 11.9 Å². The summed E-state index contributed by atoms with van der Waals surface area (Å²) >= 11 is 0. The quantitative estimate of drug-likeness (QED) is 0.874. The summed E-state index contributed by atoms with van der Waals surface area (Å²) < 4.78 is 16.3. The minimum Gasteiger partial charge on any atom is -0.496 e. The first-order chi connectivity index (χ1) is 13.0. The highest BCUT2D eigenvalue weighted by molar-refractivity contribution is 5.72. The van der Waals surface area contributed by atoms with Crippen LogP contribution in [0.1, 0.15) is 22.6 Å². The second kappa shape index (κ2) is 7.12. The monoisotopic (exact) mass is 369 g/mol. The smallest absolute Gasteiger partial charge is 0.308 e. The molecule has 2 atom stereocenters. The largest absolute Gasteiger partial charge is 0.496 e. The molecule has 0 unspecified atom stereocenters. The summed E-state index contributed by atoms with van der Waals surface area (Å²) in [5.74, 6) is 0.930. The Kier molecular flexibility index (Phi) is 4.66. The van der Waals surface area contributed by atoms with Crippen LogP contribution in [-0.2, 0) is 11.3 Å². The summed E-state index contributed by atoms with van der Waals surface area (Å²) in [4.78, 5) is 14.1. The van der Waals surface area contributed by atoms with Crippen LogP contribution in [0.15, 0.2) is 36.4 Å². The lowest BCUT2D eigenvalue weighted by Crippen LogP contribution is -2.23. The Balaban J connectivity index is 1.56. The maximum atomic E-state index is 11.9. The first-order valence-corrected chi connectivity index (χ1v) is 9.03. The normalized spacial score (nSPS) is 21.4. The molecule has 0 amide bonds. The number of benzene rings is 2. The molecule has 1 fully saturated rings. The molecule has 6 heteroatoms. The second-order valence-electron chi connectivity index (χ2n) is 7.17. The molecule has 1 N–H and O–H groups in total. The second-order valence-corrected chi connectivity index (χ2v) is 7.17. The van der Waals surface area contributed by atoms with Crippen molar-refractivity contribution in [2.45, 2.75) is 19.4 Å². The van der Waals surface area contributed by atoms with Gasteiger partial charge in [0.05, 0.1) is 13.0 Å². The molecule has 2 aliphatic rings. The number of methoxy groups -OCH3 is 1. The van der Waals surface area contributed by atoms with E-state index in [0.717, 1.165) is 22.4 Å². The molecule has 0 aromatic heterocycles. The molecule has 0 saturated carbocycles. The van der Waals surface area contributed by atoms with E-state index in [1.165, 1.54) is 0 Å². The Morgan fingerprint density at radius 1 is 1.19 bits per heavy atom. The van der Waals surface area contributed by atoms with Crippen LogP contribution >= 0.6 is 0 Å². The first-order valence-electron chi connectivity index (χ1n) is 9.03. The summed E-state index contributed by atoms with van der Waals surface area (Å²) in [5, 5.41) is 9.75. The summed E-state index contributed by atoms with van der Waals surface area (Å²) in [6, 6.07) is 11.8. The number of carboxylic acids is 1. The van der Waals surface area contributed by atoms with Crippen LogP contribution in [0.2, 0.25) is 0 Å². The van der Waals surface area contributed by atoms with E-state index >= 15 is 0 Å². The van der Waals surface area contributed by atoms with E-state index in [9.17, 15) is 9.90 Å². The van der Waals surface area contributed by atoms with Gasteiger partial charge in [0.1, 0.15) is 5.75 Å². The fraction of sp³-hybridized carbons (Fsp3) is 0.381. The van der Waals surface area contributed by atoms with Crippen molar-refractivity contribution >= 4 is 5.97 Å². The summed E-state index contributed by atoms with van der Waals surface area (Å²) in [7, 11) is 1.66. The van der Waals surface area contributed by atoms with Crippen LogP contribution in [-0.4, -0.2) is 43.0 Å². The fourth-order valence-electron chi connectivity index (χ4n) is 3.97. The van der Waals surface area contributed by atoms with Gasteiger partial charge in [-0.2, -0.15) is 0 Å². The summed E-state index contributed by atoms with van der Waals surface area (Å²) in [6.07, 6.45) is 0. The third kappa shape index (κ3) is 3.45. The fourth-order valence-corrected chi connectivity index (χ4v) is 3.97. The molecule has 0 radical (unpaired) electrons. The number of hydrogen-bond acceptors (Lipinski definition) is 5. The van der Waals surface area contributed by atoms with Gasteiger partial charge in [-0.25, -0.2) is 0 Å². The predicted octanol–water partition coefficient (Wildman–Crippen LogP) is 3.03. The van der Waals surface area contributed by atoms with E-state index in [4.69, 9.17) is 14.2 Å². The SMILES string of the molecule is COc1cc(C)ccc1CN1C[C@H](C(=O)O)[C@@H](c2ccc3c(c2)OCO3)C1. The van der Waals surface area contributed by atoms with Gasteiger partial charge >= 0.3 is 5.97 Å². The van der Waals surface area contributed by atoms with Crippen LogP contribution in [0.25, 0.3) is 0 Å². The number of carbonyl (C=O) groups is 1. The van der Waals surface area contributed by atoms with Gasteiger partial charge in [0.25, 0.3) is 0 Å². The molecule has 6 nitrogen and oxygen atoms in total. The van der Waals surface area contributed by atoms with Gasteiger partial charge in [-0.3, -0.25) is 9.69 Å². The highest BCUT2D eigenvalue weighted by atomic mass is 16.7. The van der Waals surface area contributed by atoms with Gasteiger partial charge < -0.3 is 19.3 Å². The number of likely N-dealkylation sites (tertiary alicyclic amines) is 1. The number of nitrogens with zero attached hydrogens (tertiary/aromatic N) is 1. The highest BCUT2D eigenvalue weighted by Gasteiger charge is 2.39. The van der Waals surface area contributed by atoms with E-state index in [-0.39, 0.29) is 12.7 Å². The van der Waals surface area contributed by atoms with Crippen LogP contribution in [0.5, 0.6) is 17.2 Å². The zero-order chi connectivity index (χ0) is 19.0. The van der Waals surface area contributed by atoms with Crippen molar-refractivity contribution in [3.63, 3.8) is 0 Å². The van der Waals surface area contributed by atoms with Crippen molar-refractivity contribution in [1.29, 1.82) is 0 Å². The summed E-state index contributed by atoms with van der Waals surface area (Å²) in [6.45, 7) is 4.08. The van der Waals surface area contributed by atoms with E-state index in [2.05, 4.69) is 17.0 Å². The number of aryl methyl sites for hydroxylation is 1. The molecule has 1 saturated heterocycles. The molecule has 0 spiro atoms. The van der Waals surface area contributed by atoms with Crippen LogP contribution in [0.4, 0.5) is 0 Å². The number of fused-ring (bicyclic) bond motifs is 1. The molecule has 0 aliphatic carbocycles. The van der Waals surface area contributed by atoms with Crippen molar-refractivity contribution in [1.82, 2.24) is 4.90 Å².